The minimum atomic E-state index is 0.914. The van der Waals surface area contributed by atoms with Gasteiger partial charge in [-0.15, -0.1) is 0 Å². The molecule has 0 aliphatic rings. The van der Waals surface area contributed by atoms with Gasteiger partial charge in [0.2, 0.25) is 0 Å². The number of para-hydroxylation sites is 3. The predicted molar refractivity (Wildman–Crippen MR) is 245 cm³/mol. The SMILES string of the molecule is c1ccc(-c2c3ccccc3c(-c3ccccc3)c3cc(-c4ccc(-n5c6ccccc6c6cc(-c7cccc8c7oc7ccccc78)ccc65)cc4)ccc23)cc1. The molecule has 12 aromatic rings. The van der Waals surface area contributed by atoms with Gasteiger partial charge in [0.05, 0.1) is 11.0 Å². The van der Waals surface area contributed by atoms with Gasteiger partial charge in [-0.1, -0.05) is 170 Å². The van der Waals surface area contributed by atoms with Crippen LogP contribution in [0.4, 0.5) is 0 Å². The number of benzene rings is 10. The predicted octanol–water partition coefficient (Wildman–Crippen LogP) is 15.7. The highest BCUT2D eigenvalue weighted by Gasteiger charge is 2.19. The van der Waals surface area contributed by atoms with Crippen molar-refractivity contribution < 1.29 is 4.42 Å². The average Bonchev–Trinajstić information content (AvgIpc) is 3.84. The van der Waals surface area contributed by atoms with Gasteiger partial charge in [0.15, 0.2) is 0 Å². The molecule has 0 saturated heterocycles. The molecule has 58 heavy (non-hydrogen) atoms. The van der Waals surface area contributed by atoms with E-state index < -0.39 is 0 Å². The minimum absolute atomic E-state index is 0.914. The molecule has 2 nitrogen and oxygen atoms in total. The lowest BCUT2D eigenvalue weighted by Gasteiger charge is -2.19. The summed E-state index contributed by atoms with van der Waals surface area (Å²) in [4.78, 5) is 0. The van der Waals surface area contributed by atoms with Crippen molar-refractivity contribution >= 4 is 65.3 Å². The summed E-state index contributed by atoms with van der Waals surface area (Å²) in [5.74, 6) is 0. The first kappa shape index (κ1) is 32.6. The van der Waals surface area contributed by atoms with Crippen LogP contribution in [0.2, 0.25) is 0 Å². The Kier molecular flexibility index (Phi) is 7.26. The molecule has 0 amide bonds. The average molecular weight is 738 g/mol. The van der Waals surface area contributed by atoms with Crippen molar-refractivity contribution in [3.05, 3.63) is 212 Å². The maximum atomic E-state index is 6.45. The van der Waals surface area contributed by atoms with Crippen LogP contribution in [-0.4, -0.2) is 4.57 Å². The summed E-state index contributed by atoms with van der Waals surface area (Å²) in [7, 11) is 0. The fourth-order valence-electron chi connectivity index (χ4n) is 9.39. The third-order valence-electron chi connectivity index (χ3n) is 12.0. The molecule has 0 saturated carbocycles. The number of hydrogen-bond acceptors (Lipinski definition) is 1. The maximum absolute atomic E-state index is 6.45. The van der Waals surface area contributed by atoms with Crippen LogP contribution in [0.3, 0.4) is 0 Å². The summed E-state index contributed by atoms with van der Waals surface area (Å²) < 4.78 is 8.85. The van der Waals surface area contributed by atoms with E-state index in [4.69, 9.17) is 4.42 Å². The zero-order valence-electron chi connectivity index (χ0n) is 31.6. The van der Waals surface area contributed by atoms with Gasteiger partial charge in [0.25, 0.3) is 0 Å². The van der Waals surface area contributed by atoms with Crippen molar-refractivity contribution in [2.75, 3.05) is 0 Å². The summed E-state index contributed by atoms with van der Waals surface area (Å²) in [5.41, 5.74) is 14.9. The maximum Gasteiger partial charge on any atom is 0.143 e. The number of aromatic nitrogens is 1. The molecule has 0 aliphatic carbocycles. The molecule has 0 radical (unpaired) electrons. The van der Waals surface area contributed by atoms with Gasteiger partial charge in [-0.05, 0) is 103 Å². The highest BCUT2D eigenvalue weighted by atomic mass is 16.3. The second-order valence-corrected chi connectivity index (χ2v) is 15.2. The Hall–Kier alpha value is -7.68. The summed E-state index contributed by atoms with van der Waals surface area (Å²) in [6.07, 6.45) is 0. The van der Waals surface area contributed by atoms with E-state index in [9.17, 15) is 0 Å². The Morgan fingerprint density at radius 1 is 0.293 bits per heavy atom. The Morgan fingerprint density at radius 3 is 1.57 bits per heavy atom. The Morgan fingerprint density at radius 2 is 0.828 bits per heavy atom. The molecule has 0 bridgehead atoms. The van der Waals surface area contributed by atoms with E-state index in [0.29, 0.717) is 0 Å². The molecular formula is C56H35NO. The molecule has 0 aliphatic heterocycles. The summed E-state index contributed by atoms with van der Waals surface area (Å²) in [6, 6.07) is 76.9. The molecular weight excluding hydrogens is 703 g/mol. The van der Waals surface area contributed by atoms with Crippen molar-refractivity contribution in [1.29, 1.82) is 0 Å². The Labute approximate surface area is 335 Å². The summed E-state index contributed by atoms with van der Waals surface area (Å²) in [6.45, 7) is 0. The summed E-state index contributed by atoms with van der Waals surface area (Å²) >= 11 is 0. The van der Waals surface area contributed by atoms with Crippen LogP contribution in [0.5, 0.6) is 0 Å². The largest absolute Gasteiger partial charge is 0.455 e. The third-order valence-corrected chi connectivity index (χ3v) is 12.0. The van der Waals surface area contributed by atoms with Crippen LogP contribution in [0.1, 0.15) is 0 Å². The van der Waals surface area contributed by atoms with E-state index in [-0.39, 0.29) is 0 Å². The number of nitrogens with zero attached hydrogens (tertiary/aromatic N) is 1. The molecule has 0 fully saturated rings. The van der Waals surface area contributed by atoms with Gasteiger partial charge in [-0.2, -0.15) is 0 Å². The van der Waals surface area contributed by atoms with Gasteiger partial charge >= 0.3 is 0 Å². The van der Waals surface area contributed by atoms with Gasteiger partial charge in [0.1, 0.15) is 11.2 Å². The zero-order chi connectivity index (χ0) is 38.2. The van der Waals surface area contributed by atoms with Crippen LogP contribution < -0.4 is 0 Å². The molecule has 2 heteroatoms. The fraction of sp³-hybridized carbons (Fsp3) is 0. The Balaban J connectivity index is 1.00. The minimum Gasteiger partial charge on any atom is -0.455 e. The first-order valence-corrected chi connectivity index (χ1v) is 19.9. The van der Waals surface area contributed by atoms with E-state index in [1.165, 1.54) is 76.7 Å². The van der Waals surface area contributed by atoms with E-state index in [2.05, 4.69) is 205 Å². The summed E-state index contributed by atoms with van der Waals surface area (Å²) in [5, 5.41) is 9.76. The zero-order valence-corrected chi connectivity index (χ0v) is 31.6. The lowest BCUT2D eigenvalue weighted by atomic mass is 9.85. The number of fused-ring (bicyclic) bond motifs is 8. The van der Waals surface area contributed by atoms with Crippen LogP contribution in [-0.2, 0) is 0 Å². The molecule has 12 rings (SSSR count). The van der Waals surface area contributed by atoms with Crippen LogP contribution in [0, 0.1) is 0 Å². The van der Waals surface area contributed by atoms with Crippen LogP contribution in [0.25, 0.3) is 115 Å². The monoisotopic (exact) mass is 737 g/mol. The quantitative estimate of drug-likeness (QED) is 0.161. The van der Waals surface area contributed by atoms with Gasteiger partial charge < -0.3 is 8.98 Å². The molecule has 0 N–H and O–H groups in total. The number of rotatable bonds is 5. The van der Waals surface area contributed by atoms with Gasteiger partial charge in [-0.3, -0.25) is 0 Å². The first-order valence-electron chi connectivity index (χ1n) is 19.9. The van der Waals surface area contributed by atoms with Crippen molar-refractivity contribution in [1.82, 2.24) is 4.57 Å². The molecule has 0 unspecified atom stereocenters. The van der Waals surface area contributed by atoms with E-state index in [1.54, 1.807) is 0 Å². The molecule has 0 spiro atoms. The molecule has 10 aromatic carbocycles. The first-order chi connectivity index (χ1) is 28.8. The highest BCUT2D eigenvalue weighted by molar-refractivity contribution is 6.22. The van der Waals surface area contributed by atoms with E-state index in [0.717, 1.165) is 38.8 Å². The van der Waals surface area contributed by atoms with Gasteiger partial charge in [-0.25, -0.2) is 0 Å². The molecule has 2 aromatic heterocycles. The van der Waals surface area contributed by atoms with Crippen molar-refractivity contribution in [2.45, 2.75) is 0 Å². The second-order valence-electron chi connectivity index (χ2n) is 15.2. The fourth-order valence-corrected chi connectivity index (χ4v) is 9.39. The lowest BCUT2D eigenvalue weighted by molar-refractivity contribution is 0.670. The van der Waals surface area contributed by atoms with Crippen LogP contribution in [0.15, 0.2) is 217 Å². The molecule has 2 heterocycles. The normalized spacial score (nSPS) is 11.8. The lowest BCUT2D eigenvalue weighted by Crippen LogP contribution is -1.94. The second kappa shape index (κ2) is 12.9. The van der Waals surface area contributed by atoms with E-state index in [1.807, 2.05) is 12.1 Å². The third kappa shape index (κ3) is 4.99. The molecule has 0 atom stereocenters. The highest BCUT2D eigenvalue weighted by Crippen LogP contribution is 2.45. The van der Waals surface area contributed by atoms with Gasteiger partial charge in [0, 0.05) is 32.8 Å². The standard InChI is InChI=1S/C56H35NO/c1-3-14-37(15-4-1)54-45-20-7-8-21-46(45)55(38-16-5-2-6-17-38)50-34-39(28-32-47(50)54)36-26-30-41(31-27-36)57-51-24-11-9-18-43(51)49-35-40(29-33-52(49)57)42-22-13-23-48-44-19-10-12-25-53(44)58-56(42)48/h1-35H. The number of hydrogen-bond donors (Lipinski definition) is 0. The van der Waals surface area contributed by atoms with Crippen LogP contribution >= 0.6 is 0 Å². The van der Waals surface area contributed by atoms with Crippen molar-refractivity contribution in [2.24, 2.45) is 0 Å². The number of furan rings is 1. The van der Waals surface area contributed by atoms with E-state index >= 15 is 0 Å². The van der Waals surface area contributed by atoms with Crippen molar-refractivity contribution in [3.63, 3.8) is 0 Å². The molecule has 270 valence electrons. The topological polar surface area (TPSA) is 18.1 Å². The van der Waals surface area contributed by atoms with Crippen molar-refractivity contribution in [3.8, 4) is 50.2 Å². The smallest absolute Gasteiger partial charge is 0.143 e. The Bertz CT molecular complexity index is 3540.